The van der Waals surface area contributed by atoms with Gasteiger partial charge in [0.1, 0.15) is 0 Å². The van der Waals surface area contributed by atoms with Gasteiger partial charge in [-0.05, 0) is 42.5 Å². The fourth-order valence-electron chi connectivity index (χ4n) is 2.41. The van der Waals surface area contributed by atoms with Gasteiger partial charge in [0.25, 0.3) is 0 Å². The van der Waals surface area contributed by atoms with Crippen LogP contribution in [0.25, 0.3) is 0 Å². The average Bonchev–Trinajstić information content (AvgIpc) is 2.58. The van der Waals surface area contributed by atoms with E-state index in [0.717, 1.165) is 11.4 Å². The summed E-state index contributed by atoms with van der Waals surface area (Å²) in [6, 6.07) is 12.5. The molecule has 0 aromatic heterocycles. The normalized spacial score (nSPS) is 10.3. The molecule has 2 aromatic carbocycles. The zero-order valence-electron chi connectivity index (χ0n) is 14.9. The van der Waals surface area contributed by atoms with Crippen LogP contribution >= 0.6 is 23.2 Å². The van der Waals surface area contributed by atoms with Crippen LogP contribution < -0.4 is 15.1 Å². The molecule has 7 heteroatoms. The van der Waals surface area contributed by atoms with Crippen LogP contribution in [0.1, 0.15) is 13.3 Å². The lowest BCUT2D eigenvalue weighted by atomic mass is 10.2. The number of carbonyl (C=O) groups excluding carboxylic acids is 2. The number of rotatable bonds is 6. The van der Waals surface area contributed by atoms with Gasteiger partial charge in [-0.3, -0.25) is 9.59 Å². The fourth-order valence-corrected chi connectivity index (χ4v) is 2.71. The Balaban J connectivity index is 2.00. The van der Waals surface area contributed by atoms with Gasteiger partial charge in [0.15, 0.2) is 0 Å². The van der Waals surface area contributed by atoms with Gasteiger partial charge in [0, 0.05) is 51.0 Å². The molecule has 0 unspecified atom stereocenters. The van der Waals surface area contributed by atoms with Crippen molar-refractivity contribution in [2.75, 3.05) is 35.8 Å². The number of nitrogens with one attached hydrogen (secondary N) is 1. The monoisotopic (exact) mass is 393 g/mol. The van der Waals surface area contributed by atoms with E-state index in [0.29, 0.717) is 15.7 Å². The molecule has 0 aliphatic heterocycles. The minimum Gasteiger partial charge on any atom is -0.378 e. The lowest BCUT2D eigenvalue weighted by molar-refractivity contribution is -0.117. The number of hydrogen-bond donors (Lipinski definition) is 1. The maximum absolute atomic E-state index is 12.2. The molecule has 2 rings (SSSR count). The van der Waals surface area contributed by atoms with Crippen LogP contribution in [0.3, 0.4) is 0 Å². The maximum atomic E-state index is 12.2. The lowest BCUT2D eigenvalue weighted by Crippen LogP contribution is -2.32. The van der Waals surface area contributed by atoms with Crippen molar-refractivity contribution in [2.24, 2.45) is 0 Å². The first-order valence-electron chi connectivity index (χ1n) is 8.08. The van der Waals surface area contributed by atoms with E-state index < -0.39 is 0 Å². The van der Waals surface area contributed by atoms with Crippen molar-refractivity contribution in [1.82, 2.24) is 0 Å². The lowest BCUT2D eigenvalue weighted by Gasteiger charge is -2.22. The molecule has 0 bridgehead atoms. The molecular formula is C19H21Cl2N3O2. The molecule has 2 aromatic rings. The van der Waals surface area contributed by atoms with Crippen LogP contribution in [-0.4, -0.2) is 32.5 Å². The van der Waals surface area contributed by atoms with Gasteiger partial charge in [-0.25, -0.2) is 0 Å². The average molecular weight is 394 g/mol. The molecule has 0 saturated carbocycles. The molecule has 1 N–H and O–H groups in total. The number of amides is 2. The van der Waals surface area contributed by atoms with Crippen molar-refractivity contribution in [3.05, 3.63) is 52.5 Å². The first-order chi connectivity index (χ1) is 12.3. The summed E-state index contributed by atoms with van der Waals surface area (Å²) in [6.07, 6.45) is 0.162. The second-order valence-corrected chi connectivity index (χ2v) is 6.82. The molecule has 0 aliphatic rings. The van der Waals surface area contributed by atoms with E-state index >= 15 is 0 Å². The van der Waals surface area contributed by atoms with E-state index in [1.165, 1.54) is 6.92 Å². The maximum Gasteiger partial charge on any atom is 0.226 e. The summed E-state index contributed by atoms with van der Waals surface area (Å²) in [5.74, 6) is -0.329. The molecule has 0 aliphatic carbocycles. The van der Waals surface area contributed by atoms with Crippen molar-refractivity contribution in [2.45, 2.75) is 13.3 Å². The largest absolute Gasteiger partial charge is 0.378 e. The van der Waals surface area contributed by atoms with Gasteiger partial charge in [-0.15, -0.1) is 0 Å². The van der Waals surface area contributed by atoms with Gasteiger partial charge in [0.05, 0.1) is 10.0 Å². The molecule has 0 radical (unpaired) electrons. The van der Waals surface area contributed by atoms with Gasteiger partial charge in [0.2, 0.25) is 11.8 Å². The van der Waals surface area contributed by atoms with Crippen LogP contribution in [-0.2, 0) is 9.59 Å². The molecule has 0 heterocycles. The highest BCUT2D eigenvalue weighted by molar-refractivity contribution is 6.42. The van der Waals surface area contributed by atoms with Crippen LogP contribution in [0.4, 0.5) is 17.1 Å². The summed E-state index contributed by atoms with van der Waals surface area (Å²) in [5.41, 5.74) is 2.36. The third kappa shape index (κ3) is 5.38. The first-order valence-corrected chi connectivity index (χ1v) is 8.84. The Kier molecular flexibility index (Phi) is 6.89. The predicted octanol–water partition coefficient (Wildman–Crippen LogP) is 4.44. The highest BCUT2D eigenvalue weighted by Crippen LogP contribution is 2.25. The van der Waals surface area contributed by atoms with E-state index in [4.69, 9.17) is 23.2 Å². The van der Waals surface area contributed by atoms with E-state index in [1.807, 2.05) is 43.3 Å². The topological polar surface area (TPSA) is 52.7 Å². The number of benzene rings is 2. The number of carbonyl (C=O) groups is 2. The van der Waals surface area contributed by atoms with E-state index in [-0.39, 0.29) is 24.8 Å². The Hall–Kier alpha value is -2.24. The van der Waals surface area contributed by atoms with Gasteiger partial charge in [-0.2, -0.15) is 0 Å². The number of halogens is 2. The predicted molar refractivity (Wildman–Crippen MR) is 109 cm³/mol. The number of hydrogen-bond acceptors (Lipinski definition) is 3. The third-order valence-electron chi connectivity index (χ3n) is 3.82. The summed E-state index contributed by atoms with van der Waals surface area (Å²) in [6.45, 7) is 1.76. The Morgan fingerprint density at radius 3 is 2.12 bits per heavy atom. The van der Waals surface area contributed by atoms with Gasteiger partial charge < -0.3 is 15.1 Å². The molecule has 0 fully saturated rings. The summed E-state index contributed by atoms with van der Waals surface area (Å²) < 4.78 is 0. The second kappa shape index (κ2) is 8.92. The molecule has 26 heavy (non-hydrogen) atoms. The Morgan fingerprint density at radius 1 is 0.962 bits per heavy atom. The quantitative estimate of drug-likeness (QED) is 0.788. The minimum absolute atomic E-state index is 0.120. The first kappa shape index (κ1) is 20.1. The van der Waals surface area contributed by atoms with Crippen molar-refractivity contribution in [1.29, 1.82) is 0 Å². The smallest absolute Gasteiger partial charge is 0.226 e. The Bertz CT molecular complexity index is 792. The highest BCUT2D eigenvalue weighted by atomic mass is 35.5. The summed E-state index contributed by atoms with van der Waals surface area (Å²) >= 11 is 11.8. The SMILES string of the molecule is CC(=O)N(CCC(=O)Nc1ccc(Cl)c(Cl)c1)c1ccc(N(C)C)cc1. The van der Waals surface area contributed by atoms with E-state index in [1.54, 1.807) is 23.1 Å². The van der Waals surface area contributed by atoms with Crippen molar-refractivity contribution < 1.29 is 9.59 Å². The highest BCUT2D eigenvalue weighted by Gasteiger charge is 2.14. The standard InChI is InChI=1S/C19H21Cl2N3O2/c1-13(25)24(16-7-5-15(6-8-16)23(2)3)11-10-19(26)22-14-4-9-17(20)18(21)12-14/h4-9,12H,10-11H2,1-3H3,(H,22,26). The molecule has 0 atom stereocenters. The van der Waals surface area contributed by atoms with Crippen LogP contribution in [0.5, 0.6) is 0 Å². The second-order valence-electron chi connectivity index (χ2n) is 6.01. The summed E-state index contributed by atoms with van der Waals surface area (Å²) in [5, 5.41) is 3.55. The zero-order valence-corrected chi connectivity index (χ0v) is 16.4. The van der Waals surface area contributed by atoms with E-state index in [9.17, 15) is 9.59 Å². The summed E-state index contributed by atoms with van der Waals surface area (Å²) in [7, 11) is 3.90. The zero-order chi connectivity index (χ0) is 19.3. The van der Waals surface area contributed by atoms with Crippen molar-refractivity contribution in [3.63, 3.8) is 0 Å². The van der Waals surface area contributed by atoms with Crippen LogP contribution in [0.2, 0.25) is 10.0 Å². The molecule has 5 nitrogen and oxygen atoms in total. The number of nitrogens with zero attached hydrogens (tertiary/aromatic N) is 2. The van der Waals surface area contributed by atoms with E-state index in [2.05, 4.69) is 5.32 Å². The Morgan fingerprint density at radius 2 is 1.58 bits per heavy atom. The molecule has 2 amide bonds. The number of anilines is 3. The van der Waals surface area contributed by atoms with Crippen molar-refractivity contribution >= 4 is 52.1 Å². The molecule has 138 valence electrons. The van der Waals surface area contributed by atoms with Crippen LogP contribution in [0, 0.1) is 0 Å². The summed E-state index contributed by atoms with van der Waals surface area (Å²) in [4.78, 5) is 27.7. The van der Waals surface area contributed by atoms with Crippen molar-refractivity contribution in [3.8, 4) is 0 Å². The van der Waals surface area contributed by atoms with Crippen LogP contribution in [0.15, 0.2) is 42.5 Å². The fraction of sp³-hybridized carbons (Fsp3) is 0.263. The minimum atomic E-state index is -0.209. The molecular weight excluding hydrogens is 373 g/mol. The molecule has 0 saturated heterocycles. The van der Waals surface area contributed by atoms with Gasteiger partial charge in [-0.1, -0.05) is 23.2 Å². The van der Waals surface area contributed by atoms with Gasteiger partial charge >= 0.3 is 0 Å². The Labute approximate surface area is 163 Å². The third-order valence-corrected chi connectivity index (χ3v) is 4.56. The molecule has 0 spiro atoms.